The van der Waals surface area contributed by atoms with Crippen LogP contribution in [0.4, 0.5) is 0 Å². The number of hydrogen-bond donors (Lipinski definition) is 1. The van der Waals surface area contributed by atoms with Crippen LogP contribution >= 0.6 is 0 Å². The van der Waals surface area contributed by atoms with Crippen molar-refractivity contribution in [1.29, 1.82) is 0 Å². The van der Waals surface area contributed by atoms with E-state index in [4.69, 9.17) is 0 Å². The van der Waals surface area contributed by atoms with Crippen LogP contribution in [0.1, 0.15) is 68.7 Å². The largest absolute Gasteiger partial charge is 0.349 e. The van der Waals surface area contributed by atoms with Crippen LogP contribution in [-0.4, -0.2) is 11.7 Å². The molecule has 0 radical (unpaired) electrons. The maximum absolute atomic E-state index is 12.0. The van der Waals surface area contributed by atoms with Crippen LogP contribution in [0.3, 0.4) is 0 Å². The van der Waals surface area contributed by atoms with Crippen molar-refractivity contribution in [3.05, 3.63) is 34.9 Å². The van der Waals surface area contributed by atoms with Crippen LogP contribution in [-0.2, 0) is 22.4 Å². The molecule has 0 saturated heterocycles. The molecule has 0 bridgehead atoms. The molecular weight excluding hydrogens is 274 g/mol. The molecule has 118 valence electrons. The molecule has 2 aliphatic carbocycles. The zero-order valence-electron chi connectivity index (χ0n) is 13.6. The number of ketones is 1. The number of rotatable bonds is 3. The van der Waals surface area contributed by atoms with E-state index in [-0.39, 0.29) is 17.4 Å². The van der Waals surface area contributed by atoms with Crippen molar-refractivity contribution in [2.24, 2.45) is 5.41 Å². The van der Waals surface area contributed by atoms with Gasteiger partial charge in [0, 0.05) is 19.3 Å². The first kappa shape index (κ1) is 15.3. The van der Waals surface area contributed by atoms with Gasteiger partial charge in [-0.1, -0.05) is 32.0 Å². The lowest BCUT2D eigenvalue weighted by atomic mass is 9.69. The highest BCUT2D eigenvalue weighted by molar-refractivity contribution is 5.80. The van der Waals surface area contributed by atoms with Crippen LogP contribution in [0.25, 0.3) is 0 Å². The summed E-state index contributed by atoms with van der Waals surface area (Å²) in [6.07, 6.45) is 5.66. The summed E-state index contributed by atoms with van der Waals surface area (Å²) in [5.41, 5.74) is 4.14. The molecule has 1 aromatic rings. The third kappa shape index (κ3) is 2.47. The molecule has 22 heavy (non-hydrogen) atoms. The van der Waals surface area contributed by atoms with Crippen LogP contribution in [0.15, 0.2) is 18.2 Å². The Morgan fingerprint density at radius 1 is 1.27 bits per heavy atom. The third-order valence-electron chi connectivity index (χ3n) is 5.57. The number of aryl methyl sites for hydroxylation is 1. The summed E-state index contributed by atoms with van der Waals surface area (Å²) >= 11 is 0. The van der Waals surface area contributed by atoms with Crippen molar-refractivity contribution >= 4 is 11.7 Å². The van der Waals surface area contributed by atoms with Crippen molar-refractivity contribution in [3.8, 4) is 0 Å². The van der Waals surface area contributed by atoms with E-state index in [2.05, 4.69) is 30.4 Å². The molecule has 0 heterocycles. The highest BCUT2D eigenvalue weighted by Gasteiger charge is 2.48. The summed E-state index contributed by atoms with van der Waals surface area (Å²) in [5, 5.41) is 3.26. The van der Waals surface area contributed by atoms with Gasteiger partial charge in [-0.05, 0) is 47.8 Å². The van der Waals surface area contributed by atoms with Gasteiger partial charge < -0.3 is 5.32 Å². The van der Waals surface area contributed by atoms with E-state index in [1.54, 1.807) is 0 Å². The van der Waals surface area contributed by atoms with Crippen LogP contribution < -0.4 is 5.32 Å². The summed E-state index contributed by atoms with van der Waals surface area (Å²) in [4.78, 5) is 23.7. The number of nitrogens with one attached hydrogen (secondary N) is 1. The molecule has 0 aliphatic heterocycles. The maximum Gasteiger partial charge on any atom is 0.220 e. The summed E-state index contributed by atoms with van der Waals surface area (Å²) in [7, 11) is 0. The number of fused-ring (bicyclic) bond motifs is 1. The van der Waals surface area contributed by atoms with Crippen molar-refractivity contribution in [3.63, 3.8) is 0 Å². The van der Waals surface area contributed by atoms with E-state index in [0.29, 0.717) is 25.0 Å². The number of hydrogen-bond acceptors (Lipinski definition) is 2. The fourth-order valence-electron chi connectivity index (χ4n) is 4.24. The van der Waals surface area contributed by atoms with Gasteiger partial charge in [-0.15, -0.1) is 0 Å². The highest BCUT2D eigenvalue weighted by Crippen LogP contribution is 2.54. The fraction of sp³-hybridized carbons (Fsp3) is 0.579. The summed E-state index contributed by atoms with van der Waals surface area (Å²) in [6, 6.07) is 6.55. The first-order valence-corrected chi connectivity index (χ1v) is 8.51. The van der Waals surface area contributed by atoms with Gasteiger partial charge >= 0.3 is 0 Å². The van der Waals surface area contributed by atoms with E-state index in [1.165, 1.54) is 16.7 Å². The highest BCUT2D eigenvalue weighted by atomic mass is 16.1. The van der Waals surface area contributed by atoms with Crippen LogP contribution in [0.2, 0.25) is 0 Å². The molecular formula is C19H25NO2. The Kier molecular flexibility index (Phi) is 4.07. The van der Waals surface area contributed by atoms with Crippen molar-refractivity contribution in [2.75, 3.05) is 0 Å². The zero-order chi connectivity index (χ0) is 15.7. The monoisotopic (exact) mass is 299 g/mol. The number of carbonyl (C=O) groups excluding carboxylic acids is 2. The SMILES string of the molecule is CCC(=O)NC1c2cccc(CC)c2CC12CCC(=O)CC2. The number of amides is 1. The van der Waals surface area contributed by atoms with Gasteiger partial charge in [0.25, 0.3) is 0 Å². The van der Waals surface area contributed by atoms with Gasteiger partial charge in [0.2, 0.25) is 5.91 Å². The minimum Gasteiger partial charge on any atom is -0.349 e. The van der Waals surface area contributed by atoms with E-state index in [1.807, 2.05) is 6.92 Å². The normalized spacial score (nSPS) is 22.6. The molecule has 3 nitrogen and oxygen atoms in total. The quantitative estimate of drug-likeness (QED) is 0.928. The Balaban J connectivity index is 2.00. The minimum atomic E-state index is 0.0480. The summed E-state index contributed by atoms with van der Waals surface area (Å²) < 4.78 is 0. The molecule has 1 N–H and O–H groups in total. The van der Waals surface area contributed by atoms with Crippen LogP contribution in [0, 0.1) is 5.41 Å². The fourth-order valence-corrected chi connectivity index (χ4v) is 4.24. The number of Topliss-reactive ketones (excluding diaryl/α,β-unsaturated/α-hetero) is 1. The van der Waals surface area contributed by atoms with E-state index in [0.717, 1.165) is 25.7 Å². The van der Waals surface area contributed by atoms with Gasteiger partial charge in [-0.3, -0.25) is 9.59 Å². The summed E-state index contributed by atoms with van der Waals surface area (Å²) in [6.45, 7) is 4.08. The topological polar surface area (TPSA) is 46.2 Å². The molecule has 0 aromatic heterocycles. The smallest absolute Gasteiger partial charge is 0.220 e. The third-order valence-corrected chi connectivity index (χ3v) is 5.57. The molecule has 1 unspecified atom stereocenters. The Bertz CT molecular complexity index is 595. The number of benzene rings is 1. The molecule has 1 atom stereocenters. The lowest BCUT2D eigenvalue weighted by Gasteiger charge is -2.39. The predicted molar refractivity (Wildman–Crippen MR) is 86.6 cm³/mol. The lowest BCUT2D eigenvalue weighted by molar-refractivity contribution is -0.124. The minimum absolute atomic E-state index is 0.0480. The first-order valence-electron chi connectivity index (χ1n) is 8.51. The van der Waals surface area contributed by atoms with E-state index in [9.17, 15) is 9.59 Å². The second-order valence-corrected chi connectivity index (χ2v) is 6.77. The molecule has 1 saturated carbocycles. The Labute approximate surface area is 132 Å². The molecule has 3 rings (SSSR count). The molecule has 1 fully saturated rings. The van der Waals surface area contributed by atoms with Crippen molar-refractivity contribution < 1.29 is 9.59 Å². The second-order valence-electron chi connectivity index (χ2n) is 6.77. The van der Waals surface area contributed by atoms with Gasteiger partial charge in [0.15, 0.2) is 0 Å². The average molecular weight is 299 g/mol. The Morgan fingerprint density at radius 2 is 2.00 bits per heavy atom. The summed E-state index contributed by atoms with van der Waals surface area (Å²) in [5.74, 6) is 0.480. The zero-order valence-corrected chi connectivity index (χ0v) is 13.6. The average Bonchev–Trinajstić information content (AvgIpc) is 2.84. The molecule has 1 amide bonds. The lowest BCUT2D eigenvalue weighted by Crippen LogP contribution is -2.41. The standard InChI is InChI=1S/C19H25NO2/c1-3-13-6-5-7-15-16(13)12-19(10-8-14(21)9-11-19)18(15)20-17(22)4-2/h5-7,18H,3-4,8-12H2,1-2H3,(H,20,22). The second kappa shape index (κ2) is 5.86. The van der Waals surface area contributed by atoms with E-state index >= 15 is 0 Å². The Hall–Kier alpha value is -1.64. The molecule has 2 aliphatic rings. The van der Waals surface area contributed by atoms with Gasteiger partial charge in [-0.25, -0.2) is 0 Å². The maximum atomic E-state index is 12.0. The van der Waals surface area contributed by atoms with Crippen molar-refractivity contribution in [2.45, 2.75) is 64.8 Å². The molecule has 1 aromatic carbocycles. The first-order chi connectivity index (χ1) is 10.6. The van der Waals surface area contributed by atoms with Crippen molar-refractivity contribution in [1.82, 2.24) is 5.32 Å². The molecule has 1 spiro atoms. The van der Waals surface area contributed by atoms with Crippen LogP contribution in [0.5, 0.6) is 0 Å². The number of carbonyl (C=O) groups is 2. The van der Waals surface area contributed by atoms with E-state index < -0.39 is 0 Å². The molecule has 3 heteroatoms. The van der Waals surface area contributed by atoms with Gasteiger partial charge in [0.1, 0.15) is 5.78 Å². The predicted octanol–water partition coefficient (Wildman–Crippen LogP) is 3.50. The Morgan fingerprint density at radius 3 is 2.64 bits per heavy atom. The van der Waals surface area contributed by atoms with Gasteiger partial charge in [0.05, 0.1) is 6.04 Å². The van der Waals surface area contributed by atoms with Gasteiger partial charge in [-0.2, -0.15) is 0 Å².